The zero-order chi connectivity index (χ0) is 20.9. The third-order valence-electron chi connectivity index (χ3n) is 6.04. The second-order valence-corrected chi connectivity index (χ2v) is 8.32. The van der Waals surface area contributed by atoms with Crippen molar-refractivity contribution in [3.05, 3.63) is 35.8 Å². The molecule has 1 aromatic carbocycles. The molecule has 0 atom stereocenters. The molecule has 4 N–H and O–H groups in total. The number of aromatic nitrogens is 2. The number of fused-ring (bicyclic) bond motifs is 1. The van der Waals surface area contributed by atoms with Crippen molar-refractivity contribution >= 4 is 28.5 Å². The highest BCUT2D eigenvalue weighted by Crippen LogP contribution is 2.33. The average molecular weight is 409 g/mol. The van der Waals surface area contributed by atoms with Crippen LogP contribution in [-0.2, 0) is 4.74 Å². The van der Waals surface area contributed by atoms with Gasteiger partial charge in [0.25, 0.3) is 0 Å². The van der Waals surface area contributed by atoms with E-state index in [1.807, 2.05) is 19.2 Å². The first-order chi connectivity index (χ1) is 14.6. The van der Waals surface area contributed by atoms with Crippen LogP contribution in [0.25, 0.3) is 16.6 Å². The van der Waals surface area contributed by atoms with Crippen molar-refractivity contribution in [3.8, 4) is 0 Å². The quantitative estimate of drug-likeness (QED) is 0.683. The van der Waals surface area contributed by atoms with Crippen LogP contribution in [-0.4, -0.2) is 55.1 Å². The first-order valence-electron chi connectivity index (χ1n) is 10.9. The van der Waals surface area contributed by atoms with Crippen LogP contribution in [0, 0.1) is 5.92 Å². The molecule has 2 aliphatic rings. The van der Waals surface area contributed by atoms with E-state index in [0.717, 1.165) is 86.0 Å². The van der Waals surface area contributed by atoms with Gasteiger partial charge in [0.2, 0.25) is 0 Å². The summed E-state index contributed by atoms with van der Waals surface area (Å²) in [5.74, 6) is 0.765. The van der Waals surface area contributed by atoms with Gasteiger partial charge in [0.05, 0.1) is 42.2 Å². The first-order valence-corrected chi connectivity index (χ1v) is 10.9. The number of rotatable bonds is 7. The molecule has 2 heterocycles. The van der Waals surface area contributed by atoms with Crippen molar-refractivity contribution < 1.29 is 4.74 Å². The van der Waals surface area contributed by atoms with E-state index in [2.05, 4.69) is 22.0 Å². The maximum absolute atomic E-state index is 6.18. The van der Waals surface area contributed by atoms with Crippen molar-refractivity contribution in [1.29, 1.82) is 0 Å². The number of aliphatic imine (C=N–C) groups is 1. The predicted molar refractivity (Wildman–Crippen MR) is 123 cm³/mol. The van der Waals surface area contributed by atoms with Crippen LogP contribution in [0.2, 0.25) is 0 Å². The molecular weight excluding hydrogens is 376 g/mol. The predicted octanol–water partition coefficient (Wildman–Crippen LogP) is 2.74. The number of hydrogen-bond acceptors (Lipinski definition) is 7. The van der Waals surface area contributed by atoms with Crippen molar-refractivity contribution in [2.75, 3.05) is 37.7 Å². The Morgan fingerprint density at radius 3 is 2.80 bits per heavy atom. The van der Waals surface area contributed by atoms with Gasteiger partial charge in [-0.15, -0.1) is 0 Å². The molecule has 7 nitrogen and oxygen atoms in total. The Hall–Kier alpha value is -2.51. The number of nitrogens with two attached hydrogens (primary N) is 2. The summed E-state index contributed by atoms with van der Waals surface area (Å²) in [6, 6.07) is 6.61. The van der Waals surface area contributed by atoms with Gasteiger partial charge in [-0.25, -0.2) is 4.98 Å². The topological polar surface area (TPSA) is 103 Å². The number of allylic oxidation sites excluding steroid dienone is 2. The fraction of sp³-hybridized carbons (Fsp3) is 0.522. The van der Waals surface area contributed by atoms with E-state index in [1.165, 1.54) is 6.42 Å². The molecule has 0 bridgehead atoms. The Bertz CT molecular complexity index is 924. The Morgan fingerprint density at radius 1 is 1.27 bits per heavy atom. The van der Waals surface area contributed by atoms with E-state index < -0.39 is 0 Å². The molecule has 1 aliphatic heterocycles. The minimum Gasteiger partial charge on any atom is -0.402 e. The zero-order valence-electron chi connectivity index (χ0n) is 17.8. The Morgan fingerprint density at radius 2 is 2.07 bits per heavy atom. The minimum atomic E-state index is 0.378. The summed E-state index contributed by atoms with van der Waals surface area (Å²) in [7, 11) is 0. The van der Waals surface area contributed by atoms with Crippen LogP contribution in [0.1, 0.15) is 38.3 Å². The van der Waals surface area contributed by atoms with E-state index in [1.54, 1.807) is 6.20 Å². The lowest BCUT2D eigenvalue weighted by Gasteiger charge is -2.32. The van der Waals surface area contributed by atoms with Gasteiger partial charge in [-0.05, 0) is 63.3 Å². The normalized spacial score (nSPS) is 22.9. The van der Waals surface area contributed by atoms with Crippen LogP contribution < -0.4 is 16.4 Å². The maximum Gasteiger partial charge on any atom is 0.0925 e. The third kappa shape index (κ3) is 4.79. The van der Waals surface area contributed by atoms with Gasteiger partial charge < -0.3 is 21.1 Å². The second kappa shape index (κ2) is 9.53. The van der Waals surface area contributed by atoms with Gasteiger partial charge in [-0.1, -0.05) is 0 Å². The highest BCUT2D eigenvalue weighted by Gasteiger charge is 2.27. The first kappa shape index (κ1) is 20.8. The highest BCUT2D eigenvalue weighted by atomic mass is 16.5. The van der Waals surface area contributed by atoms with Crippen LogP contribution >= 0.6 is 0 Å². The number of nitrogens with zero attached hydrogens (tertiary/aromatic N) is 4. The van der Waals surface area contributed by atoms with Gasteiger partial charge >= 0.3 is 0 Å². The van der Waals surface area contributed by atoms with Crippen molar-refractivity contribution in [1.82, 2.24) is 9.97 Å². The van der Waals surface area contributed by atoms with E-state index in [-0.39, 0.29) is 0 Å². The molecule has 1 aliphatic carbocycles. The van der Waals surface area contributed by atoms with Crippen molar-refractivity contribution in [2.45, 2.75) is 38.6 Å². The molecule has 160 valence electrons. The molecule has 0 amide bonds. The van der Waals surface area contributed by atoms with Gasteiger partial charge in [0, 0.05) is 36.3 Å². The summed E-state index contributed by atoms with van der Waals surface area (Å²) < 4.78 is 5.46. The molecule has 0 radical (unpaired) electrons. The monoisotopic (exact) mass is 408 g/mol. The lowest BCUT2D eigenvalue weighted by molar-refractivity contribution is 0.122. The fourth-order valence-electron chi connectivity index (χ4n) is 4.16. The fourth-order valence-corrected chi connectivity index (χ4v) is 4.16. The SMILES string of the molecule is CC(N)=C(C=NC1CC(CCCN)C1)c1cnc2ccc(N3CCOCC3)cc2n1. The minimum absolute atomic E-state index is 0.378. The van der Waals surface area contributed by atoms with Gasteiger partial charge in [0.1, 0.15) is 0 Å². The smallest absolute Gasteiger partial charge is 0.0925 e. The van der Waals surface area contributed by atoms with Crippen molar-refractivity contribution in [2.24, 2.45) is 22.4 Å². The number of hydrogen-bond donors (Lipinski definition) is 2. The molecule has 1 aromatic heterocycles. The van der Waals surface area contributed by atoms with Gasteiger partial charge in [-0.2, -0.15) is 0 Å². The molecule has 30 heavy (non-hydrogen) atoms. The molecule has 0 spiro atoms. The summed E-state index contributed by atoms with van der Waals surface area (Å²) in [5, 5.41) is 0. The zero-order valence-corrected chi connectivity index (χ0v) is 17.8. The maximum atomic E-state index is 6.18. The Balaban J connectivity index is 1.51. The van der Waals surface area contributed by atoms with Crippen LogP contribution in [0.3, 0.4) is 0 Å². The molecule has 1 saturated heterocycles. The average Bonchev–Trinajstić information content (AvgIpc) is 2.74. The standard InChI is InChI=1S/C23H32N6O/c1-16(25)20(14-26-18-11-17(12-18)3-2-6-24)23-15-27-21-5-4-19(13-22(21)28-23)29-7-9-30-10-8-29/h4-5,13-15,17-18H,2-3,6-12,24-25H2,1H3. The lowest BCUT2D eigenvalue weighted by Crippen LogP contribution is -2.36. The summed E-state index contributed by atoms with van der Waals surface area (Å²) in [6.45, 7) is 5.97. The third-order valence-corrected chi connectivity index (χ3v) is 6.04. The number of anilines is 1. The molecule has 2 fully saturated rings. The van der Waals surface area contributed by atoms with Crippen LogP contribution in [0.5, 0.6) is 0 Å². The van der Waals surface area contributed by atoms with E-state index in [4.69, 9.17) is 26.2 Å². The summed E-state index contributed by atoms with van der Waals surface area (Å²) in [4.78, 5) is 16.6. The largest absolute Gasteiger partial charge is 0.402 e. The number of ether oxygens (including phenoxy) is 1. The van der Waals surface area contributed by atoms with E-state index in [0.29, 0.717) is 11.7 Å². The number of morpholine rings is 1. The Kier molecular flexibility index (Phi) is 6.59. The van der Waals surface area contributed by atoms with Crippen molar-refractivity contribution in [3.63, 3.8) is 0 Å². The van der Waals surface area contributed by atoms with Crippen LogP contribution in [0.15, 0.2) is 35.1 Å². The van der Waals surface area contributed by atoms with E-state index in [9.17, 15) is 0 Å². The summed E-state index contributed by atoms with van der Waals surface area (Å²) >= 11 is 0. The summed E-state index contributed by atoms with van der Waals surface area (Å²) in [5.41, 5.74) is 17.0. The summed E-state index contributed by atoms with van der Waals surface area (Å²) in [6.07, 6.45) is 8.27. The molecule has 4 rings (SSSR count). The molecule has 1 saturated carbocycles. The molecular formula is C23H32N6O. The van der Waals surface area contributed by atoms with Crippen LogP contribution in [0.4, 0.5) is 5.69 Å². The van der Waals surface area contributed by atoms with Gasteiger partial charge in [0.15, 0.2) is 0 Å². The molecule has 7 heteroatoms. The number of benzene rings is 1. The molecule has 2 aromatic rings. The molecule has 0 unspecified atom stereocenters. The second-order valence-electron chi connectivity index (χ2n) is 8.32. The van der Waals surface area contributed by atoms with Gasteiger partial charge in [-0.3, -0.25) is 9.98 Å². The highest BCUT2D eigenvalue weighted by molar-refractivity contribution is 6.10. The Labute approximate surface area is 178 Å². The van der Waals surface area contributed by atoms with E-state index >= 15 is 0 Å². The lowest BCUT2D eigenvalue weighted by atomic mass is 9.78.